The van der Waals surface area contributed by atoms with E-state index in [1.54, 1.807) is 11.1 Å². The molecule has 0 radical (unpaired) electrons. The molecule has 0 spiro atoms. The third kappa shape index (κ3) is 1.94. The van der Waals surface area contributed by atoms with Crippen molar-refractivity contribution in [1.29, 1.82) is 0 Å². The molecule has 1 saturated heterocycles. The summed E-state index contributed by atoms with van der Waals surface area (Å²) in [5, 5.41) is 0. The molecule has 1 aliphatic carbocycles. The van der Waals surface area contributed by atoms with Crippen LogP contribution >= 0.6 is 0 Å². The zero-order chi connectivity index (χ0) is 14.4. The van der Waals surface area contributed by atoms with E-state index in [0.717, 1.165) is 12.0 Å². The zero-order valence-corrected chi connectivity index (χ0v) is 13.7. The lowest BCUT2D eigenvalue weighted by Gasteiger charge is -2.58. The van der Waals surface area contributed by atoms with E-state index in [0.29, 0.717) is 5.41 Å². The molecule has 2 aliphatic rings. The van der Waals surface area contributed by atoms with Gasteiger partial charge in [-0.1, -0.05) is 51.0 Å². The third-order valence-corrected chi connectivity index (χ3v) is 6.44. The Morgan fingerprint density at radius 1 is 1.25 bits per heavy atom. The Kier molecular flexibility index (Phi) is 3.44. The van der Waals surface area contributed by atoms with Crippen molar-refractivity contribution < 1.29 is 4.48 Å². The molecular weight excluding hydrogens is 242 g/mol. The van der Waals surface area contributed by atoms with Gasteiger partial charge >= 0.3 is 0 Å². The van der Waals surface area contributed by atoms with Gasteiger partial charge in [0.1, 0.15) is 0 Å². The van der Waals surface area contributed by atoms with E-state index in [4.69, 9.17) is 0 Å². The molecule has 3 rings (SSSR count). The van der Waals surface area contributed by atoms with Gasteiger partial charge in [-0.3, -0.25) is 0 Å². The predicted octanol–water partition coefficient (Wildman–Crippen LogP) is 4.16. The van der Waals surface area contributed by atoms with Crippen LogP contribution in [0.25, 0.3) is 0 Å². The van der Waals surface area contributed by atoms with E-state index in [2.05, 4.69) is 52.2 Å². The molecule has 1 heterocycles. The highest BCUT2D eigenvalue weighted by molar-refractivity contribution is 5.39. The number of benzene rings is 1. The number of piperidine rings is 1. The average Bonchev–Trinajstić information content (AvgIpc) is 2.43. The van der Waals surface area contributed by atoms with Gasteiger partial charge in [0.15, 0.2) is 0 Å². The van der Waals surface area contributed by atoms with Crippen LogP contribution in [0.3, 0.4) is 0 Å². The Labute approximate surface area is 124 Å². The molecule has 1 aliphatic heterocycles. The Hall–Kier alpha value is -0.820. The van der Waals surface area contributed by atoms with E-state index in [1.807, 2.05) is 0 Å². The largest absolute Gasteiger partial charge is 0.325 e. The molecular formula is C19H30N+. The number of likely N-dealkylation sites (tertiary alicyclic amines) is 1. The summed E-state index contributed by atoms with van der Waals surface area (Å²) in [6, 6.07) is 10.1. The first-order valence-electron chi connectivity index (χ1n) is 8.42. The van der Waals surface area contributed by atoms with Gasteiger partial charge in [-0.05, 0) is 17.5 Å². The van der Waals surface area contributed by atoms with Crippen LogP contribution in [0.2, 0.25) is 0 Å². The van der Waals surface area contributed by atoms with Crippen LogP contribution in [0.15, 0.2) is 24.3 Å². The number of quaternary nitrogens is 1. The Balaban J connectivity index is 2.09. The molecule has 1 heteroatoms. The molecule has 3 atom stereocenters. The molecule has 20 heavy (non-hydrogen) atoms. The van der Waals surface area contributed by atoms with Crippen molar-refractivity contribution in [1.82, 2.24) is 0 Å². The molecule has 0 N–H and O–H groups in total. The third-order valence-electron chi connectivity index (χ3n) is 6.44. The first-order valence-corrected chi connectivity index (χ1v) is 8.42. The lowest BCUT2D eigenvalue weighted by molar-refractivity contribution is -0.926. The molecule has 0 amide bonds. The SMILES string of the molecule is CCCC[C@]12CC[N+](C)(C)[C@H](Cc3ccccc31)[C@@H]2C. The first-order chi connectivity index (χ1) is 9.51. The van der Waals surface area contributed by atoms with E-state index < -0.39 is 0 Å². The molecule has 1 fully saturated rings. The van der Waals surface area contributed by atoms with Crippen molar-refractivity contribution in [3.63, 3.8) is 0 Å². The second-order valence-corrected chi connectivity index (χ2v) is 7.73. The van der Waals surface area contributed by atoms with Crippen molar-refractivity contribution in [2.45, 2.75) is 57.4 Å². The smallest absolute Gasteiger partial charge is 0.0961 e. The van der Waals surface area contributed by atoms with Crippen LogP contribution in [0.4, 0.5) is 0 Å². The van der Waals surface area contributed by atoms with E-state index in [9.17, 15) is 0 Å². The number of fused-ring (bicyclic) bond motifs is 4. The van der Waals surface area contributed by atoms with Crippen molar-refractivity contribution >= 4 is 0 Å². The van der Waals surface area contributed by atoms with Crippen LogP contribution in [-0.2, 0) is 11.8 Å². The minimum Gasteiger partial charge on any atom is -0.325 e. The second-order valence-electron chi connectivity index (χ2n) is 7.73. The zero-order valence-electron chi connectivity index (χ0n) is 13.7. The summed E-state index contributed by atoms with van der Waals surface area (Å²) in [7, 11) is 4.89. The summed E-state index contributed by atoms with van der Waals surface area (Å²) in [6.07, 6.45) is 6.73. The second kappa shape index (κ2) is 4.87. The maximum Gasteiger partial charge on any atom is 0.0961 e. The molecule has 1 aromatic carbocycles. The minimum absolute atomic E-state index is 0.462. The van der Waals surface area contributed by atoms with Crippen molar-refractivity contribution in [2.75, 3.05) is 20.6 Å². The van der Waals surface area contributed by atoms with Crippen LogP contribution in [-0.4, -0.2) is 31.2 Å². The normalized spacial score (nSPS) is 34.6. The highest BCUT2D eigenvalue weighted by atomic mass is 15.3. The summed E-state index contributed by atoms with van der Waals surface area (Å²) >= 11 is 0. The van der Waals surface area contributed by atoms with Gasteiger partial charge in [0.25, 0.3) is 0 Å². The Bertz CT molecular complexity index is 490. The van der Waals surface area contributed by atoms with Gasteiger partial charge in [-0.2, -0.15) is 0 Å². The molecule has 110 valence electrons. The average molecular weight is 272 g/mol. The minimum atomic E-state index is 0.462. The topological polar surface area (TPSA) is 0 Å². The Morgan fingerprint density at radius 3 is 2.75 bits per heavy atom. The standard InChI is InChI=1S/C19H30N/c1-5-6-11-19-12-13-20(3,4)18(15(19)2)14-16-9-7-8-10-17(16)19/h7-10,15,18H,5-6,11-14H2,1-4H3/q+1/t15-,18+,19+/m0/s1. The van der Waals surface area contributed by atoms with Gasteiger partial charge in [0.2, 0.25) is 0 Å². The van der Waals surface area contributed by atoms with Crippen molar-refractivity contribution in [3.8, 4) is 0 Å². The summed E-state index contributed by atoms with van der Waals surface area (Å²) in [6.45, 7) is 6.21. The fourth-order valence-electron chi connectivity index (χ4n) is 5.05. The van der Waals surface area contributed by atoms with Gasteiger partial charge in [-0.15, -0.1) is 0 Å². The highest BCUT2D eigenvalue weighted by Gasteiger charge is 2.54. The van der Waals surface area contributed by atoms with Crippen LogP contribution in [0, 0.1) is 5.92 Å². The van der Waals surface area contributed by atoms with E-state index >= 15 is 0 Å². The molecule has 0 aromatic heterocycles. The molecule has 0 unspecified atom stereocenters. The monoisotopic (exact) mass is 272 g/mol. The van der Waals surface area contributed by atoms with Gasteiger partial charge in [-0.25, -0.2) is 0 Å². The van der Waals surface area contributed by atoms with E-state index in [-0.39, 0.29) is 0 Å². The van der Waals surface area contributed by atoms with Crippen LogP contribution in [0.5, 0.6) is 0 Å². The van der Waals surface area contributed by atoms with Crippen LogP contribution < -0.4 is 0 Å². The quantitative estimate of drug-likeness (QED) is 0.725. The number of likely N-dealkylation sites (N-methyl/N-ethyl adjacent to an activating group) is 1. The molecule has 2 bridgehead atoms. The predicted molar refractivity (Wildman–Crippen MR) is 85.9 cm³/mol. The molecule has 1 nitrogen and oxygen atoms in total. The summed E-state index contributed by atoms with van der Waals surface area (Å²) in [4.78, 5) is 0. The van der Waals surface area contributed by atoms with Gasteiger partial charge in [0.05, 0.1) is 26.7 Å². The summed E-state index contributed by atoms with van der Waals surface area (Å²) in [5.41, 5.74) is 3.79. The summed E-state index contributed by atoms with van der Waals surface area (Å²) < 4.78 is 1.21. The van der Waals surface area contributed by atoms with Crippen molar-refractivity contribution in [2.24, 2.45) is 5.92 Å². The fraction of sp³-hybridized carbons (Fsp3) is 0.684. The summed E-state index contributed by atoms with van der Waals surface area (Å²) in [5.74, 6) is 0.813. The van der Waals surface area contributed by atoms with Gasteiger partial charge < -0.3 is 4.48 Å². The number of hydrogen-bond acceptors (Lipinski definition) is 0. The number of rotatable bonds is 3. The number of nitrogens with zero attached hydrogens (tertiary/aromatic N) is 1. The van der Waals surface area contributed by atoms with E-state index in [1.165, 1.54) is 43.1 Å². The van der Waals surface area contributed by atoms with Crippen molar-refractivity contribution in [3.05, 3.63) is 35.4 Å². The van der Waals surface area contributed by atoms with Gasteiger partial charge in [0, 0.05) is 24.2 Å². The Morgan fingerprint density at radius 2 is 2.00 bits per heavy atom. The number of unbranched alkanes of at least 4 members (excludes halogenated alkanes) is 1. The maximum absolute atomic E-state index is 2.54. The lowest BCUT2D eigenvalue weighted by atomic mass is 9.55. The van der Waals surface area contributed by atoms with Crippen LogP contribution in [0.1, 0.15) is 50.7 Å². The lowest BCUT2D eigenvalue weighted by Crippen LogP contribution is -2.65. The molecule has 1 aromatic rings. The fourth-order valence-corrected chi connectivity index (χ4v) is 5.05. The molecule has 0 saturated carbocycles. The number of hydrogen-bond donors (Lipinski definition) is 0. The maximum atomic E-state index is 2.54. The first kappa shape index (κ1) is 14.1. The highest BCUT2D eigenvalue weighted by Crippen LogP contribution is 2.52.